The Hall–Kier alpha value is -0.280. The van der Waals surface area contributed by atoms with Gasteiger partial charge < -0.3 is 10.2 Å². The third-order valence-corrected chi connectivity index (χ3v) is 4.16. The van der Waals surface area contributed by atoms with Crippen LogP contribution in [0.3, 0.4) is 0 Å². The fraction of sp³-hybridized carbons (Fsp3) is 0.625. The minimum absolute atomic E-state index is 0. The van der Waals surface area contributed by atoms with E-state index in [0.29, 0.717) is 0 Å². The van der Waals surface area contributed by atoms with Crippen molar-refractivity contribution >= 4 is 24.8 Å². The van der Waals surface area contributed by atoms with Crippen LogP contribution in [0.25, 0.3) is 0 Å². The van der Waals surface area contributed by atoms with E-state index in [2.05, 4.69) is 55.6 Å². The van der Waals surface area contributed by atoms with Crippen molar-refractivity contribution in [2.45, 2.75) is 44.2 Å². The summed E-state index contributed by atoms with van der Waals surface area (Å²) in [5, 5.41) is 3.60. The molecular formula is C16H28Cl2N2. The van der Waals surface area contributed by atoms with Crippen LogP contribution < -0.4 is 5.32 Å². The highest BCUT2D eigenvalue weighted by Gasteiger charge is 2.31. The average Bonchev–Trinajstić information content (AvgIpc) is 2.39. The van der Waals surface area contributed by atoms with Gasteiger partial charge in [0.15, 0.2) is 0 Å². The second-order valence-electron chi connectivity index (χ2n) is 5.83. The summed E-state index contributed by atoms with van der Waals surface area (Å²) in [6, 6.07) is 9.13. The molecule has 0 unspecified atom stereocenters. The lowest BCUT2D eigenvalue weighted by atomic mass is 9.76. The fourth-order valence-electron chi connectivity index (χ4n) is 3.17. The first kappa shape index (κ1) is 19.7. The molecule has 0 spiro atoms. The zero-order chi connectivity index (χ0) is 13.0. The van der Waals surface area contributed by atoms with Crippen molar-refractivity contribution in [2.24, 2.45) is 0 Å². The number of nitrogens with zero attached hydrogens (tertiary/aromatic N) is 1. The quantitative estimate of drug-likeness (QED) is 0.903. The molecule has 1 aliphatic carbocycles. The largest absolute Gasteiger partial charge is 0.310 e. The number of hydrogen-bond acceptors (Lipinski definition) is 2. The van der Waals surface area contributed by atoms with E-state index in [9.17, 15) is 0 Å². The minimum atomic E-state index is 0. The highest BCUT2D eigenvalue weighted by molar-refractivity contribution is 5.85. The Bertz CT molecular complexity index is 388. The first-order valence-corrected chi connectivity index (χ1v) is 7.09. The van der Waals surface area contributed by atoms with E-state index >= 15 is 0 Å². The minimum Gasteiger partial charge on any atom is -0.310 e. The summed E-state index contributed by atoms with van der Waals surface area (Å²) in [5.41, 5.74) is 3.11. The summed E-state index contributed by atoms with van der Waals surface area (Å²) in [4.78, 5) is 2.23. The SMILES string of the molecule is CNC1(c2cccc(CN(C)C)c2)CCCCC1.Cl.Cl. The maximum absolute atomic E-state index is 3.60. The van der Waals surface area contributed by atoms with Crippen molar-refractivity contribution in [3.8, 4) is 0 Å². The summed E-state index contributed by atoms with van der Waals surface area (Å²) in [5.74, 6) is 0. The van der Waals surface area contributed by atoms with Crippen LogP contribution in [0, 0.1) is 0 Å². The van der Waals surface area contributed by atoms with Gasteiger partial charge in [0.25, 0.3) is 0 Å². The van der Waals surface area contributed by atoms with Gasteiger partial charge in [-0.15, -0.1) is 24.8 Å². The fourth-order valence-corrected chi connectivity index (χ4v) is 3.17. The van der Waals surface area contributed by atoms with Gasteiger partial charge in [-0.3, -0.25) is 0 Å². The molecule has 2 nitrogen and oxygen atoms in total. The molecule has 2 rings (SSSR count). The van der Waals surface area contributed by atoms with E-state index in [1.54, 1.807) is 0 Å². The monoisotopic (exact) mass is 318 g/mol. The molecule has 1 aliphatic rings. The first-order chi connectivity index (χ1) is 8.66. The van der Waals surface area contributed by atoms with Gasteiger partial charge in [0.1, 0.15) is 0 Å². The number of hydrogen-bond donors (Lipinski definition) is 1. The van der Waals surface area contributed by atoms with E-state index in [-0.39, 0.29) is 30.4 Å². The molecule has 0 atom stereocenters. The van der Waals surface area contributed by atoms with Crippen molar-refractivity contribution in [1.82, 2.24) is 10.2 Å². The normalized spacial score (nSPS) is 17.2. The molecule has 1 saturated carbocycles. The summed E-state index contributed by atoms with van der Waals surface area (Å²) < 4.78 is 0. The lowest BCUT2D eigenvalue weighted by Gasteiger charge is -2.38. The van der Waals surface area contributed by atoms with Crippen LogP contribution in [0.2, 0.25) is 0 Å². The highest BCUT2D eigenvalue weighted by Crippen LogP contribution is 2.37. The Labute approximate surface area is 136 Å². The Kier molecular flexibility index (Phi) is 8.76. The number of benzene rings is 1. The van der Waals surface area contributed by atoms with E-state index in [4.69, 9.17) is 0 Å². The Morgan fingerprint density at radius 3 is 2.30 bits per heavy atom. The van der Waals surface area contributed by atoms with E-state index < -0.39 is 0 Å². The lowest BCUT2D eigenvalue weighted by Crippen LogP contribution is -2.41. The summed E-state index contributed by atoms with van der Waals surface area (Å²) in [7, 11) is 6.37. The van der Waals surface area contributed by atoms with Crippen molar-refractivity contribution < 1.29 is 0 Å². The third kappa shape index (κ3) is 4.63. The van der Waals surface area contributed by atoms with Crippen LogP contribution in [0.15, 0.2) is 24.3 Å². The van der Waals surface area contributed by atoms with Crippen molar-refractivity contribution in [2.75, 3.05) is 21.1 Å². The predicted molar refractivity (Wildman–Crippen MR) is 92.2 cm³/mol. The molecule has 1 N–H and O–H groups in total. The van der Waals surface area contributed by atoms with Gasteiger partial charge in [-0.1, -0.05) is 43.5 Å². The molecule has 0 radical (unpaired) electrons. The van der Waals surface area contributed by atoms with Gasteiger partial charge >= 0.3 is 0 Å². The first-order valence-electron chi connectivity index (χ1n) is 7.09. The van der Waals surface area contributed by atoms with Crippen LogP contribution >= 0.6 is 24.8 Å². The molecule has 4 heteroatoms. The molecule has 0 aliphatic heterocycles. The molecule has 0 heterocycles. The molecule has 20 heavy (non-hydrogen) atoms. The number of halogens is 2. The van der Waals surface area contributed by atoms with Crippen molar-refractivity contribution in [1.29, 1.82) is 0 Å². The maximum Gasteiger partial charge on any atom is 0.0432 e. The third-order valence-electron chi connectivity index (χ3n) is 4.16. The van der Waals surface area contributed by atoms with Crippen LogP contribution in [-0.4, -0.2) is 26.0 Å². The van der Waals surface area contributed by atoms with Gasteiger partial charge in [0.05, 0.1) is 0 Å². The molecule has 1 aromatic carbocycles. The predicted octanol–water partition coefficient (Wildman–Crippen LogP) is 3.97. The zero-order valence-corrected chi connectivity index (χ0v) is 14.4. The van der Waals surface area contributed by atoms with Crippen LogP contribution in [0.4, 0.5) is 0 Å². The van der Waals surface area contributed by atoms with Gasteiger partial charge in [-0.25, -0.2) is 0 Å². The van der Waals surface area contributed by atoms with Gasteiger partial charge in [0, 0.05) is 12.1 Å². The molecule has 0 saturated heterocycles. The second-order valence-corrected chi connectivity index (χ2v) is 5.83. The van der Waals surface area contributed by atoms with Gasteiger partial charge in [-0.05, 0) is 45.1 Å². The maximum atomic E-state index is 3.60. The molecule has 0 aromatic heterocycles. The number of nitrogens with one attached hydrogen (secondary N) is 1. The van der Waals surface area contributed by atoms with Crippen LogP contribution in [0.1, 0.15) is 43.2 Å². The highest BCUT2D eigenvalue weighted by atomic mass is 35.5. The number of rotatable bonds is 4. The molecule has 116 valence electrons. The molecule has 1 fully saturated rings. The van der Waals surface area contributed by atoms with Crippen molar-refractivity contribution in [3.63, 3.8) is 0 Å². The molecule has 0 bridgehead atoms. The smallest absolute Gasteiger partial charge is 0.0432 e. The lowest BCUT2D eigenvalue weighted by molar-refractivity contribution is 0.250. The zero-order valence-electron chi connectivity index (χ0n) is 12.8. The van der Waals surface area contributed by atoms with E-state index in [0.717, 1.165) is 6.54 Å². The summed E-state index contributed by atoms with van der Waals surface area (Å²) >= 11 is 0. The van der Waals surface area contributed by atoms with Gasteiger partial charge in [0.2, 0.25) is 0 Å². The summed E-state index contributed by atoms with van der Waals surface area (Å²) in [6.07, 6.45) is 6.63. The van der Waals surface area contributed by atoms with Crippen LogP contribution in [-0.2, 0) is 12.1 Å². The molecular weight excluding hydrogens is 291 g/mol. The Morgan fingerprint density at radius 1 is 1.10 bits per heavy atom. The van der Waals surface area contributed by atoms with E-state index in [1.165, 1.54) is 43.2 Å². The Balaban J connectivity index is 0.00000180. The van der Waals surface area contributed by atoms with Crippen LogP contribution in [0.5, 0.6) is 0 Å². The standard InChI is InChI=1S/C16H26N2.2ClH/c1-17-16(10-5-4-6-11-16)15-9-7-8-14(12-15)13-18(2)3;;/h7-9,12,17H,4-6,10-11,13H2,1-3H3;2*1H. The second kappa shape index (κ2) is 8.89. The molecule has 0 amide bonds. The summed E-state index contributed by atoms with van der Waals surface area (Å²) in [6.45, 7) is 1.02. The Morgan fingerprint density at radius 2 is 1.75 bits per heavy atom. The van der Waals surface area contributed by atoms with E-state index in [1.807, 2.05) is 0 Å². The van der Waals surface area contributed by atoms with Gasteiger partial charge in [-0.2, -0.15) is 0 Å². The molecule has 1 aromatic rings. The average molecular weight is 319 g/mol. The topological polar surface area (TPSA) is 15.3 Å². The van der Waals surface area contributed by atoms with Crippen molar-refractivity contribution in [3.05, 3.63) is 35.4 Å².